The summed E-state index contributed by atoms with van der Waals surface area (Å²) in [5.74, 6) is 0.713. The molecule has 0 aliphatic heterocycles. The molecule has 0 radical (unpaired) electrons. The van der Waals surface area contributed by atoms with E-state index in [0.29, 0.717) is 5.89 Å². The van der Waals surface area contributed by atoms with Crippen LogP contribution in [0.5, 0.6) is 0 Å². The van der Waals surface area contributed by atoms with Gasteiger partial charge in [-0.3, -0.25) is 0 Å². The summed E-state index contributed by atoms with van der Waals surface area (Å²) in [5.41, 5.74) is 10.9. The lowest BCUT2D eigenvalue weighted by molar-refractivity contribution is 0.583. The summed E-state index contributed by atoms with van der Waals surface area (Å²) in [6, 6.07) is 63.9. The van der Waals surface area contributed by atoms with Crippen molar-refractivity contribution in [1.29, 1.82) is 0 Å². The Hall–Kier alpha value is -7.23. The van der Waals surface area contributed by atoms with E-state index in [-0.39, 0.29) is 0 Å². The van der Waals surface area contributed by atoms with Gasteiger partial charge in [0, 0.05) is 27.7 Å². The van der Waals surface area contributed by atoms with Crippen LogP contribution in [0.25, 0.3) is 82.0 Å². The number of allylic oxidation sites excluding steroid dienone is 4. The molecule has 264 valence electrons. The Morgan fingerprint density at radius 2 is 1.14 bits per heavy atom. The van der Waals surface area contributed by atoms with Crippen LogP contribution in [0.2, 0.25) is 0 Å². The molecule has 56 heavy (non-hydrogen) atoms. The van der Waals surface area contributed by atoms with Crippen molar-refractivity contribution in [2.24, 2.45) is 0 Å². The van der Waals surface area contributed by atoms with Crippen LogP contribution in [0.3, 0.4) is 0 Å². The molecule has 0 bridgehead atoms. The van der Waals surface area contributed by atoms with Gasteiger partial charge >= 0.3 is 0 Å². The number of fused-ring (bicyclic) bond motifs is 6. The highest BCUT2D eigenvalue weighted by molar-refractivity contribution is 6.08. The number of hydrogen-bond acceptors (Lipinski definition) is 3. The number of rotatable bonds is 6. The molecule has 0 unspecified atom stereocenters. The zero-order chi connectivity index (χ0) is 37.0. The van der Waals surface area contributed by atoms with Gasteiger partial charge in [0.2, 0.25) is 5.89 Å². The molecular weight excluding hydrogens is 681 g/mol. The molecule has 0 saturated heterocycles. The number of benzene rings is 9. The highest BCUT2D eigenvalue weighted by Crippen LogP contribution is 2.45. The maximum absolute atomic E-state index is 6.52. The minimum Gasteiger partial charge on any atom is -0.436 e. The maximum Gasteiger partial charge on any atom is 0.223 e. The molecule has 1 aliphatic rings. The van der Waals surface area contributed by atoms with Crippen molar-refractivity contribution >= 4 is 76.8 Å². The highest BCUT2D eigenvalue weighted by Gasteiger charge is 2.21. The Morgan fingerprint density at radius 1 is 0.482 bits per heavy atom. The van der Waals surface area contributed by atoms with E-state index in [0.717, 1.165) is 57.3 Å². The van der Waals surface area contributed by atoms with Crippen LogP contribution in [0.15, 0.2) is 199 Å². The molecule has 3 heteroatoms. The van der Waals surface area contributed by atoms with Crippen molar-refractivity contribution in [2.75, 3.05) is 4.90 Å². The molecule has 3 nitrogen and oxygen atoms in total. The molecule has 10 aromatic rings. The second-order valence-corrected chi connectivity index (χ2v) is 14.7. The van der Waals surface area contributed by atoms with Crippen molar-refractivity contribution < 1.29 is 4.42 Å². The van der Waals surface area contributed by atoms with E-state index in [9.17, 15) is 0 Å². The summed E-state index contributed by atoms with van der Waals surface area (Å²) in [7, 11) is 0. The third-order valence-electron chi connectivity index (χ3n) is 11.3. The zero-order valence-corrected chi connectivity index (χ0v) is 30.7. The highest BCUT2D eigenvalue weighted by atomic mass is 16.3. The second kappa shape index (κ2) is 13.3. The molecule has 0 atom stereocenters. The number of hydrogen-bond donors (Lipinski definition) is 0. The number of nitrogens with zero attached hydrogens (tertiary/aromatic N) is 2. The van der Waals surface area contributed by atoms with Crippen LogP contribution in [0, 0.1) is 0 Å². The van der Waals surface area contributed by atoms with Gasteiger partial charge in [-0.2, -0.15) is 0 Å². The van der Waals surface area contributed by atoms with E-state index in [2.05, 4.69) is 199 Å². The number of oxazole rings is 1. The zero-order valence-electron chi connectivity index (χ0n) is 30.7. The lowest BCUT2D eigenvalue weighted by Crippen LogP contribution is -2.11. The first kappa shape index (κ1) is 32.2. The standard InChI is InChI=1S/C53H36N2O/c1-2-15-37(16-3-1)53-54-50-30-27-40-33-43(28-29-49(40)52(50)56-53)55(42-21-10-20-39(32-42)46-25-11-18-35-13-4-7-22-44(35)46)51-34-41(31-38-17-6-9-24-48(38)51)47-26-12-19-36-14-5-8-23-45(36)47/h1-2,4-15,17-34H,3,16H2. The third kappa shape index (κ3) is 5.48. The monoisotopic (exact) mass is 716 g/mol. The van der Waals surface area contributed by atoms with Crippen LogP contribution in [-0.4, -0.2) is 4.98 Å². The fourth-order valence-corrected chi connectivity index (χ4v) is 8.58. The van der Waals surface area contributed by atoms with Crippen LogP contribution in [0.4, 0.5) is 17.1 Å². The van der Waals surface area contributed by atoms with Crippen LogP contribution < -0.4 is 4.90 Å². The summed E-state index contributed by atoms with van der Waals surface area (Å²) in [6.07, 6.45) is 8.34. The molecule has 1 aliphatic carbocycles. The molecule has 11 rings (SSSR count). The van der Waals surface area contributed by atoms with Gasteiger partial charge < -0.3 is 9.32 Å². The lowest BCUT2D eigenvalue weighted by atomic mass is 9.94. The summed E-state index contributed by atoms with van der Waals surface area (Å²) < 4.78 is 6.52. The second-order valence-electron chi connectivity index (χ2n) is 14.7. The van der Waals surface area contributed by atoms with Gasteiger partial charge in [0.15, 0.2) is 5.58 Å². The summed E-state index contributed by atoms with van der Waals surface area (Å²) in [4.78, 5) is 7.35. The molecule has 0 amide bonds. The molecule has 1 aromatic heterocycles. The van der Waals surface area contributed by atoms with E-state index < -0.39 is 0 Å². The molecular formula is C53H36N2O. The molecule has 0 saturated carbocycles. The van der Waals surface area contributed by atoms with Crippen molar-refractivity contribution in [3.05, 3.63) is 200 Å². The number of anilines is 3. The Labute approximate surface area is 325 Å². The third-order valence-corrected chi connectivity index (χ3v) is 11.3. The first-order chi connectivity index (χ1) is 27.7. The van der Waals surface area contributed by atoms with Gasteiger partial charge in [0.25, 0.3) is 0 Å². The minimum atomic E-state index is 0.713. The molecule has 0 fully saturated rings. The van der Waals surface area contributed by atoms with Crippen LogP contribution in [0.1, 0.15) is 18.7 Å². The smallest absolute Gasteiger partial charge is 0.223 e. The summed E-state index contributed by atoms with van der Waals surface area (Å²) in [5, 5.41) is 9.45. The van der Waals surface area contributed by atoms with Gasteiger partial charge in [0.1, 0.15) is 5.52 Å². The predicted octanol–water partition coefficient (Wildman–Crippen LogP) is 15.0. The van der Waals surface area contributed by atoms with E-state index >= 15 is 0 Å². The minimum absolute atomic E-state index is 0.713. The van der Waals surface area contributed by atoms with Gasteiger partial charge in [0.05, 0.1) is 5.69 Å². The Morgan fingerprint density at radius 3 is 1.91 bits per heavy atom. The summed E-state index contributed by atoms with van der Waals surface area (Å²) >= 11 is 0. The van der Waals surface area contributed by atoms with Gasteiger partial charge in [-0.1, -0.05) is 146 Å². The lowest BCUT2D eigenvalue weighted by Gasteiger charge is -2.28. The topological polar surface area (TPSA) is 29.3 Å². The summed E-state index contributed by atoms with van der Waals surface area (Å²) in [6.45, 7) is 0. The van der Waals surface area contributed by atoms with E-state index in [1.807, 2.05) is 0 Å². The Bertz CT molecular complexity index is 3210. The molecule has 0 N–H and O–H groups in total. The predicted molar refractivity (Wildman–Crippen MR) is 236 cm³/mol. The van der Waals surface area contributed by atoms with Crippen molar-refractivity contribution in [3.8, 4) is 22.3 Å². The Kier molecular flexibility index (Phi) is 7.63. The first-order valence-corrected chi connectivity index (χ1v) is 19.3. The quantitative estimate of drug-likeness (QED) is 0.172. The SMILES string of the molecule is C1=CCCC(c2nc3ccc4cc(N(c5cccc(-c6cccc7ccccc67)c5)c5cc(-c6cccc7ccccc67)cc6ccccc56)ccc4c3o2)=C1. The van der Waals surface area contributed by atoms with Crippen molar-refractivity contribution in [1.82, 2.24) is 4.98 Å². The van der Waals surface area contributed by atoms with Gasteiger partial charge in [-0.15, -0.1) is 0 Å². The largest absolute Gasteiger partial charge is 0.436 e. The first-order valence-electron chi connectivity index (χ1n) is 19.3. The van der Waals surface area contributed by atoms with Crippen molar-refractivity contribution in [2.45, 2.75) is 12.8 Å². The Balaban J connectivity index is 1.15. The fraction of sp³-hybridized carbons (Fsp3) is 0.0377. The molecule has 0 spiro atoms. The van der Waals surface area contributed by atoms with E-state index in [1.54, 1.807) is 0 Å². The average molecular weight is 717 g/mol. The molecule has 9 aromatic carbocycles. The fourth-order valence-electron chi connectivity index (χ4n) is 8.58. The van der Waals surface area contributed by atoms with Crippen LogP contribution >= 0.6 is 0 Å². The van der Waals surface area contributed by atoms with Gasteiger partial charge in [-0.05, 0) is 116 Å². The van der Waals surface area contributed by atoms with Crippen LogP contribution in [-0.2, 0) is 0 Å². The maximum atomic E-state index is 6.52. The number of aromatic nitrogens is 1. The van der Waals surface area contributed by atoms with Gasteiger partial charge in [-0.25, -0.2) is 4.98 Å². The van der Waals surface area contributed by atoms with E-state index in [4.69, 9.17) is 9.40 Å². The van der Waals surface area contributed by atoms with E-state index in [1.165, 1.54) is 54.6 Å². The normalized spacial score (nSPS) is 12.9. The molecule has 1 heterocycles. The van der Waals surface area contributed by atoms with Crippen molar-refractivity contribution in [3.63, 3.8) is 0 Å². The average Bonchev–Trinajstić information content (AvgIpc) is 3.72.